The van der Waals surface area contributed by atoms with Gasteiger partial charge < -0.3 is 15.2 Å². The molecule has 5 nitrogen and oxygen atoms in total. The van der Waals surface area contributed by atoms with Gasteiger partial charge in [-0.2, -0.15) is 0 Å². The van der Waals surface area contributed by atoms with Crippen LogP contribution in [0.4, 0.5) is 0 Å². The number of rotatable bonds is 3. The number of hydrogen-bond donors (Lipinski definition) is 2. The first-order valence-corrected chi connectivity index (χ1v) is 7.04. The smallest absolute Gasteiger partial charge is 0.307 e. The summed E-state index contributed by atoms with van der Waals surface area (Å²) in [6, 6.07) is 0. The highest BCUT2D eigenvalue weighted by Crippen LogP contribution is 2.37. The number of nitrogens with one attached hydrogen (secondary N) is 1. The molecule has 1 aliphatic heterocycles. The minimum absolute atomic E-state index is 0.121. The second-order valence-corrected chi connectivity index (χ2v) is 6.33. The summed E-state index contributed by atoms with van der Waals surface area (Å²) in [5.41, 5.74) is -0.343. The predicted octanol–water partition coefficient (Wildman–Crippen LogP) is 1.42. The fourth-order valence-corrected chi connectivity index (χ4v) is 3.28. The summed E-state index contributed by atoms with van der Waals surface area (Å²) in [7, 11) is 0. The van der Waals surface area contributed by atoms with Crippen LogP contribution in [-0.4, -0.2) is 35.7 Å². The Labute approximate surface area is 113 Å². The second kappa shape index (κ2) is 5.49. The van der Waals surface area contributed by atoms with Gasteiger partial charge in [0.2, 0.25) is 5.91 Å². The maximum Gasteiger partial charge on any atom is 0.307 e. The lowest BCUT2D eigenvalue weighted by molar-refractivity contribution is -0.146. The van der Waals surface area contributed by atoms with E-state index in [1.54, 1.807) is 0 Å². The Morgan fingerprint density at radius 3 is 2.58 bits per heavy atom. The Balaban J connectivity index is 2.00. The number of carboxylic acid groups (broad SMARTS) is 1. The van der Waals surface area contributed by atoms with E-state index in [1.807, 2.05) is 13.8 Å². The number of amides is 1. The monoisotopic (exact) mass is 269 g/mol. The molecule has 1 aliphatic carbocycles. The van der Waals surface area contributed by atoms with Crippen molar-refractivity contribution in [3.8, 4) is 0 Å². The molecule has 2 fully saturated rings. The van der Waals surface area contributed by atoms with E-state index < -0.39 is 17.8 Å². The highest BCUT2D eigenvalue weighted by molar-refractivity contribution is 5.85. The van der Waals surface area contributed by atoms with Crippen LogP contribution in [0.25, 0.3) is 0 Å². The van der Waals surface area contributed by atoms with Gasteiger partial charge in [0.25, 0.3) is 0 Å². The van der Waals surface area contributed by atoms with Gasteiger partial charge in [-0.25, -0.2) is 0 Å². The number of carbonyl (C=O) groups is 2. The molecule has 19 heavy (non-hydrogen) atoms. The molecule has 2 N–H and O–H groups in total. The van der Waals surface area contributed by atoms with Crippen molar-refractivity contribution in [1.82, 2.24) is 5.32 Å². The van der Waals surface area contributed by atoms with Gasteiger partial charge in [0.05, 0.1) is 24.0 Å². The molecule has 1 saturated heterocycles. The summed E-state index contributed by atoms with van der Waals surface area (Å²) in [5, 5.41) is 12.2. The maximum absolute atomic E-state index is 12.3. The molecule has 2 aliphatic rings. The molecule has 0 aromatic heterocycles. The van der Waals surface area contributed by atoms with Crippen molar-refractivity contribution in [1.29, 1.82) is 0 Å². The quantitative estimate of drug-likeness (QED) is 0.812. The Kier molecular flexibility index (Phi) is 4.13. The van der Waals surface area contributed by atoms with Crippen LogP contribution in [-0.2, 0) is 14.3 Å². The van der Waals surface area contributed by atoms with Crippen LogP contribution in [0.3, 0.4) is 0 Å². The molecule has 2 rings (SSSR count). The van der Waals surface area contributed by atoms with Gasteiger partial charge in [0.15, 0.2) is 0 Å². The highest BCUT2D eigenvalue weighted by atomic mass is 16.5. The second-order valence-electron chi connectivity index (χ2n) is 6.33. The average Bonchev–Trinajstić information content (AvgIpc) is 2.72. The molecular formula is C14H23NO4. The molecule has 4 atom stereocenters. The van der Waals surface area contributed by atoms with E-state index in [1.165, 1.54) is 0 Å². The molecule has 1 heterocycles. The van der Waals surface area contributed by atoms with Gasteiger partial charge in [-0.15, -0.1) is 0 Å². The highest BCUT2D eigenvalue weighted by Gasteiger charge is 2.43. The minimum atomic E-state index is -0.852. The zero-order valence-corrected chi connectivity index (χ0v) is 11.6. The molecule has 0 spiro atoms. The molecule has 5 heteroatoms. The fourth-order valence-electron chi connectivity index (χ4n) is 3.28. The van der Waals surface area contributed by atoms with E-state index in [0.717, 1.165) is 19.4 Å². The van der Waals surface area contributed by atoms with Crippen molar-refractivity contribution in [3.63, 3.8) is 0 Å². The molecule has 108 valence electrons. The van der Waals surface area contributed by atoms with Crippen molar-refractivity contribution in [2.45, 2.75) is 45.1 Å². The van der Waals surface area contributed by atoms with E-state index in [0.29, 0.717) is 25.4 Å². The lowest BCUT2D eigenvalue weighted by atomic mass is 9.91. The number of ether oxygens (including phenoxy) is 1. The van der Waals surface area contributed by atoms with Crippen molar-refractivity contribution < 1.29 is 19.4 Å². The van der Waals surface area contributed by atoms with Crippen LogP contribution in [0.5, 0.6) is 0 Å². The van der Waals surface area contributed by atoms with Crippen molar-refractivity contribution in [2.75, 3.05) is 13.2 Å². The number of hydrogen-bond acceptors (Lipinski definition) is 3. The first-order chi connectivity index (χ1) is 8.91. The molecule has 0 radical (unpaired) electrons. The fraction of sp³-hybridized carbons (Fsp3) is 0.857. The summed E-state index contributed by atoms with van der Waals surface area (Å²) >= 11 is 0. The van der Waals surface area contributed by atoms with Gasteiger partial charge in [0.1, 0.15) is 0 Å². The first-order valence-electron chi connectivity index (χ1n) is 7.04. The average molecular weight is 269 g/mol. The summed E-state index contributed by atoms with van der Waals surface area (Å²) in [5.74, 6) is -1.61. The van der Waals surface area contributed by atoms with Crippen LogP contribution < -0.4 is 5.32 Å². The molecule has 1 amide bonds. The number of carboxylic acids is 1. The molecule has 0 aromatic rings. The molecule has 0 bridgehead atoms. The van der Waals surface area contributed by atoms with Gasteiger partial charge in [-0.3, -0.25) is 9.59 Å². The summed E-state index contributed by atoms with van der Waals surface area (Å²) in [6.45, 7) is 5.23. The van der Waals surface area contributed by atoms with Crippen LogP contribution in [0, 0.1) is 17.8 Å². The van der Waals surface area contributed by atoms with Crippen LogP contribution >= 0.6 is 0 Å². The Bertz CT molecular complexity index is 362. The Hall–Kier alpha value is -1.10. The Morgan fingerprint density at radius 2 is 2.00 bits per heavy atom. The van der Waals surface area contributed by atoms with E-state index in [9.17, 15) is 14.7 Å². The SMILES string of the molecule is CC1C[C@H](C(=O)NC2(C)CCCOC2)[C@H](C(=O)O)C1. The van der Waals surface area contributed by atoms with E-state index in [4.69, 9.17) is 4.74 Å². The van der Waals surface area contributed by atoms with E-state index in [-0.39, 0.29) is 11.4 Å². The van der Waals surface area contributed by atoms with Crippen LogP contribution in [0.2, 0.25) is 0 Å². The van der Waals surface area contributed by atoms with Gasteiger partial charge in [-0.1, -0.05) is 6.92 Å². The third-order valence-electron chi connectivity index (χ3n) is 4.32. The molecule has 2 unspecified atom stereocenters. The predicted molar refractivity (Wildman–Crippen MR) is 69.6 cm³/mol. The summed E-state index contributed by atoms with van der Waals surface area (Å²) < 4.78 is 5.41. The summed E-state index contributed by atoms with van der Waals surface area (Å²) in [4.78, 5) is 23.6. The lowest BCUT2D eigenvalue weighted by Crippen LogP contribution is -2.53. The third-order valence-corrected chi connectivity index (χ3v) is 4.32. The third kappa shape index (κ3) is 3.26. The van der Waals surface area contributed by atoms with E-state index in [2.05, 4.69) is 5.32 Å². The van der Waals surface area contributed by atoms with Crippen molar-refractivity contribution >= 4 is 11.9 Å². The topological polar surface area (TPSA) is 75.6 Å². The normalized spacial score (nSPS) is 38.9. The van der Waals surface area contributed by atoms with Crippen molar-refractivity contribution in [3.05, 3.63) is 0 Å². The zero-order valence-electron chi connectivity index (χ0n) is 11.6. The largest absolute Gasteiger partial charge is 0.481 e. The van der Waals surface area contributed by atoms with Crippen LogP contribution in [0.1, 0.15) is 39.5 Å². The number of aliphatic carboxylic acids is 1. The van der Waals surface area contributed by atoms with Gasteiger partial charge >= 0.3 is 5.97 Å². The first kappa shape index (κ1) is 14.3. The standard InChI is InChI=1S/C14H23NO4/c1-9-6-10(11(7-9)13(17)18)12(16)15-14(2)4-3-5-19-8-14/h9-11H,3-8H2,1-2H3,(H,15,16)(H,17,18)/t9?,10-,11+,14?/m0/s1. The van der Waals surface area contributed by atoms with Gasteiger partial charge in [0, 0.05) is 6.61 Å². The molecule has 1 saturated carbocycles. The number of carbonyl (C=O) groups excluding carboxylic acids is 1. The minimum Gasteiger partial charge on any atom is -0.481 e. The molecular weight excluding hydrogens is 246 g/mol. The maximum atomic E-state index is 12.3. The van der Waals surface area contributed by atoms with Crippen molar-refractivity contribution in [2.24, 2.45) is 17.8 Å². The van der Waals surface area contributed by atoms with Gasteiger partial charge in [-0.05, 0) is 38.5 Å². The zero-order chi connectivity index (χ0) is 14.0. The lowest BCUT2D eigenvalue weighted by Gasteiger charge is -2.35. The molecule has 0 aromatic carbocycles. The Morgan fingerprint density at radius 1 is 1.32 bits per heavy atom. The summed E-state index contributed by atoms with van der Waals surface area (Å²) in [6.07, 6.45) is 3.08. The van der Waals surface area contributed by atoms with Crippen LogP contribution in [0.15, 0.2) is 0 Å². The van der Waals surface area contributed by atoms with E-state index >= 15 is 0 Å².